The molecule has 0 aliphatic heterocycles. The van der Waals surface area contributed by atoms with Gasteiger partial charge < -0.3 is 9.15 Å². The number of rotatable bonds is 8. The van der Waals surface area contributed by atoms with Gasteiger partial charge in [-0.15, -0.1) is 10.2 Å². The first-order valence-electron chi connectivity index (χ1n) is 11.4. The smallest absolute Gasteiger partial charge is 0.205 e. The van der Waals surface area contributed by atoms with E-state index in [1.54, 1.807) is 30.0 Å². The predicted molar refractivity (Wildman–Crippen MR) is 120 cm³/mol. The maximum Gasteiger partial charge on any atom is 0.205 e. The molecule has 3 aromatic rings. The van der Waals surface area contributed by atoms with Crippen molar-refractivity contribution >= 4 is 11.8 Å². The van der Waals surface area contributed by atoms with E-state index < -0.39 is 0 Å². The van der Waals surface area contributed by atoms with Gasteiger partial charge in [0.25, 0.3) is 0 Å². The van der Waals surface area contributed by atoms with Crippen molar-refractivity contribution in [3.05, 3.63) is 53.3 Å². The molecule has 5 rings (SSSR count). The van der Waals surface area contributed by atoms with Crippen molar-refractivity contribution in [2.75, 3.05) is 0 Å². The van der Waals surface area contributed by atoms with Gasteiger partial charge in [0.05, 0.1) is 11.4 Å². The Labute approximate surface area is 192 Å². The Bertz CT molecular complexity index is 1080. The summed E-state index contributed by atoms with van der Waals surface area (Å²) in [6.07, 6.45) is 5.29. The Morgan fingerprint density at radius 2 is 2.06 bits per heavy atom. The Hall–Kier alpha value is -2.35. The minimum Gasteiger partial charge on any atom is -0.483 e. The lowest BCUT2D eigenvalue weighted by Gasteiger charge is -2.30. The molecule has 2 aliphatic carbocycles. The molecule has 0 N–H and O–H groups in total. The van der Waals surface area contributed by atoms with Gasteiger partial charge in [-0.05, 0) is 69.9 Å². The molecule has 32 heavy (non-hydrogen) atoms. The van der Waals surface area contributed by atoms with Gasteiger partial charge in [0.1, 0.15) is 12.4 Å². The largest absolute Gasteiger partial charge is 0.483 e. The normalized spacial score (nSPS) is 23.1. The molecule has 2 aromatic heterocycles. The Morgan fingerprint density at radius 1 is 1.22 bits per heavy atom. The van der Waals surface area contributed by atoms with E-state index in [0.717, 1.165) is 34.3 Å². The number of fused-ring (bicyclic) bond motifs is 2. The fourth-order valence-electron chi connectivity index (χ4n) is 5.42. The minimum absolute atomic E-state index is 0.177. The first-order valence-corrected chi connectivity index (χ1v) is 12.3. The van der Waals surface area contributed by atoms with Gasteiger partial charge in [-0.3, -0.25) is 4.57 Å². The van der Waals surface area contributed by atoms with Crippen LogP contribution in [-0.2, 0) is 12.4 Å². The Kier molecular flexibility index (Phi) is 5.97. The van der Waals surface area contributed by atoms with Crippen molar-refractivity contribution in [2.24, 2.45) is 17.8 Å². The number of para-hydroxylation sites is 1. The van der Waals surface area contributed by atoms with Gasteiger partial charge in [-0.25, -0.2) is 9.37 Å². The van der Waals surface area contributed by atoms with Crippen molar-refractivity contribution in [1.29, 1.82) is 0 Å². The zero-order valence-electron chi connectivity index (χ0n) is 18.8. The molecule has 1 aromatic carbocycles. The van der Waals surface area contributed by atoms with Gasteiger partial charge in [0.15, 0.2) is 22.5 Å². The highest BCUT2D eigenvalue weighted by atomic mass is 32.2. The standard InChI is InChI=1S/C24H29FN4O2S/c1-14-16(3)31-23(26-14)13-32-24-28-27-22(12-30-21-7-5-4-6-20(21)25)29(24)15(2)19-11-17-8-9-18(19)10-17/h4-7,15,17-19H,8-13H2,1-3H3. The van der Waals surface area contributed by atoms with Crippen LogP contribution in [0.25, 0.3) is 0 Å². The van der Waals surface area contributed by atoms with Crippen molar-refractivity contribution in [3.8, 4) is 5.75 Å². The molecule has 2 aliphatic rings. The van der Waals surface area contributed by atoms with Gasteiger partial charge in [-0.1, -0.05) is 30.3 Å². The Balaban J connectivity index is 1.38. The lowest BCUT2D eigenvalue weighted by atomic mass is 9.84. The van der Waals surface area contributed by atoms with Crippen molar-refractivity contribution < 1.29 is 13.5 Å². The monoisotopic (exact) mass is 456 g/mol. The topological polar surface area (TPSA) is 66.0 Å². The fraction of sp³-hybridized carbons (Fsp3) is 0.542. The number of thioether (sulfide) groups is 1. The molecule has 4 unspecified atom stereocenters. The van der Waals surface area contributed by atoms with Crippen LogP contribution in [0.5, 0.6) is 5.75 Å². The molecule has 2 fully saturated rings. The Morgan fingerprint density at radius 3 is 2.75 bits per heavy atom. The molecular weight excluding hydrogens is 427 g/mol. The number of aryl methyl sites for hydroxylation is 2. The highest BCUT2D eigenvalue weighted by Crippen LogP contribution is 2.52. The molecule has 4 atom stereocenters. The summed E-state index contributed by atoms with van der Waals surface area (Å²) >= 11 is 1.58. The predicted octanol–water partition coefficient (Wildman–Crippen LogP) is 5.89. The lowest BCUT2D eigenvalue weighted by molar-refractivity contribution is 0.215. The van der Waals surface area contributed by atoms with Crippen molar-refractivity contribution in [1.82, 2.24) is 19.7 Å². The van der Waals surface area contributed by atoms with E-state index in [9.17, 15) is 4.39 Å². The summed E-state index contributed by atoms with van der Waals surface area (Å²) in [6, 6.07) is 6.72. The highest BCUT2D eigenvalue weighted by Gasteiger charge is 2.43. The van der Waals surface area contributed by atoms with E-state index in [1.807, 2.05) is 13.8 Å². The van der Waals surface area contributed by atoms with Gasteiger partial charge in [-0.2, -0.15) is 0 Å². The second-order valence-corrected chi connectivity index (χ2v) is 10.0. The molecule has 0 radical (unpaired) electrons. The summed E-state index contributed by atoms with van der Waals surface area (Å²) in [6.45, 7) is 6.32. The molecule has 2 bridgehead atoms. The molecule has 2 saturated carbocycles. The van der Waals surface area contributed by atoms with Gasteiger partial charge >= 0.3 is 0 Å². The summed E-state index contributed by atoms with van der Waals surface area (Å²) < 4.78 is 27.8. The SMILES string of the molecule is Cc1nc(CSc2nnc(COc3ccccc3F)n2C(C)C2CC3CCC2C3)oc1C. The van der Waals surface area contributed by atoms with Crippen LogP contribution in [0.4, 0.5) is 4.39 Å². The third-order valence-electron chi connectivity index (χ3n) is 7.15. The number of oxazole rings is 1. The lowest BCUT2D eigenvalue weighted by Crippen LogP contribution is -2.24. The molecule has 6 nitrogen and oxygen atoms in total. The average Bonchev–Trinajstić information content (AvgIpc) is 3.56. The zero-order chi connectivity index (χ0) is 22.2. The molecule has 0 amide bonds. The second-order valence-electron chi connectivity index (χ2n) is 9.11. The molecular formula is C24H29FN4O2S. The summed E-state index contributed by atoms with van der Waals surface area (Å²) in [4.78, 5) is 4.49. The third-order valence-corrected chi connectivity index (χ3v) is 8.07. The van der Waals surface area contributed by atoms with Crippen molar-refractivity contribution in [2.45, 2.75) is 70.0 Å². The molecule has 170 valence electrons. The summed E-state index contributed by atoms with van der Waals surface area (Å²) in [5, 5.41) is 9.76. The van der Waals surface area contributed by atoms with E-state index in [2.05, 4.69) is 26.7 Å². The number of aromatic nitrogens is 4. The maximum absolute atomic E-state index is 14.1. The second kappa shape index (κ2) is 8.89. The number of hydrogen-bond donors (Lipinski definition) is 0. The van der Waals surface area contributed by atoms with E-state index in [0.29, 0.717) is 17.6 Å². The number of ether oxygens (including phenoxy) is 1. The van der Waals surface area contributed by atoms with Crippen LogP contribution >= 0.6 is 11.8 Å². The van der Waals surface area contributed by atoms with Crippen LogP contribution < -0.4 is 4.74 Å². The first kappa shape index (κ1) is 21.5. The van der Waals surface area contributed by atoms with Crippen LogP contribution in [0, 0.1) is 37.4 Å². The molecule has 0 saturated heterocycles. The van der Waals surface area contributed by atoms with Crippen LogP contribution in [0.3, 0.4) is 0 Å². The average molecular weight is 457 g/mol. The number of nitrogens with zero attached hydrogens (tertiary/aromatic N) is 4. The highest BCUT2D eigenvalue weighted by molar-refractivity contribution is 7.98. The molecule has 0 spiro atoms. The van der Waals surface area contributed by atoms with E-state index in [4.69, 9.17) is 9.15 Å². The fourth-order valence-corrected chi connectivity index (χ4v) is 6.31. The van der Waals surface area contributed by atoms with Gasteiger partial charge in [0.2, 0.25) is 5.89 Å². The minimum atomic E-state index is -0.371. The summed E-state index contributed by atoms with van der Waals surface area (Å²) in [5.74, 6) is 4.95. The number of halogens is 1. The van der Waals surface area contributed by atoms with E-state index in [1.165, 1.54) is 31.7 Å². The quantitative estimate of drug-likeness (QED) is 0.394. The molecule has 8 heteroatoms. The zero-order valence-corrected chi connectivity index (χ0v) is 19.6. The van der Waals surface area contributed by atoms with E-state index >= 15 is 0 Å². The molecule has 2 heterocycles. The van der Waals surface area contributed by atoms with Crippen LogP contribution in [0.1, 0.15) is 61.8 Å². The van der Waals surface area contributed by atoms with Crippen LogP contribution in [-0.4, -0.2) is 19.7 Å². The number of hydrogen-bond acceptors (Lipinski definition) is 6. The van der Waals surface area contributed by atoms with E-state index in [-0.39, 0.29) is 24.2 Å². The van der Waals surface area contributed by atoms with Crippen LogP contribution in [0.2, 0.25) is 0 Å². The number of benzene rings is 1. The third kappa shape index (κ3) is 4.17. The summed E-state index contributed by atoms with van der Waals surface area (Å²) in [5.41, 5.74) is 0.913. The first-order chi connectivity index (χ1) is 15.5. The maximum atomic E-state index is 14.1. The van der Waals surface area contributed by atoms with Crippen molar-refractivity contribution in [3.63, 3.8) is 0 Å². The van der Waals surface area contributed by atoms with Crippen LogP contribution in [0.15, 0.2) is 33.8 Å². The summed E-state index contributed by atoms with van der Waals surface area (Å²) in [7, 11) is 0. The van der Waals surface area contributed by atoms with Gasteiger partial charge in [0, 0.05) is 6.04 Å².